The number of nitrogens with one attached hydrogen (secondary N) is 1. The third-order valence-corrected chi connectivity index (χ3v) is 1.41. The van der Waals surface area contributed by atoms with Crippen molar-refractivity contribution >= 4 is 5.95 Å². The Morgan fingerprint density at radius 3 is 2.11 bits per heavy atom. The van der Waals surface area contributed by atoms with Crippen molar-refractivity contribution in [2.24, 2.45) is 0 Å². The van der Waals surface area contributed by atoms with E-state index in [1.165, 1.54) is 0 Å². The summed E-state index contributed by atoms with van der Waals surface area (Å²) in [5, 5.41) is 0. The normalized spacial score (nSPS) is 6.63. The fourth-order valence-corrected chi connectivity index (χ4v) is 0.888. The first-order valence-corrected chi connectivity index (χ1v) is 4.39. The van der Waals surface area contributed by atoms with Crippen LogP contribution in [0, 0.1) is 22.3 Å². The molecule has 0 aromatic carbocycles. The molecule has 0 amide bonds. The predicted molar refractivity (Wildman–Crippen MR) is 73.7 cm³/mol. The SMILES string of the molecule is CC.[CH3-].[CH3-].[CH3-].[NH-]c1nccc(-n2ccnc2)n1.[V+2].[W+2]. The topological polar surface area (TPSA) is 67.4 Å². The Morgan fingerprint density at radius 1 is 1.11 bits per heavy atom. The van der Waals surface area contributed by atoms with E-state index in [0.717, 1.165) is 0 Å². The smallest absolute Gasteiger partial charge is 0.410 e. The molecule has 0 saturated carbocycles. The molecule has 2 aromatic rings. The quantitative estimate of drug-likeness (QED) is 0.598. The Bertz CT molecular complexity index is 381. The zero-order chi connectivity index (χ0) is 10.4. The maximum absolute atomic E-state index is 7.18. The molecule has 0 atom stereocenters. The van der Waals surface area contributed by atoms with Crippen LogP contribution in [0.15, 0.2) is 31.0 Å². The van der Waals surface area contributed by atoms with E-state index in [1.54, 1.807) is 35.6 Å². The van der Waals surface area contributed by atoms with E-state index in [4.69, 9.17) is 5.73 Å². The van der Waals surface area contributed by atoms with Crippen LogP contribution in [0.5, 0.6) is 0 Å². The van der Waals surface area contributed by atoms with Gasteiger partial charge in [-0.2, -0.15) is 0 Å². The second kappa shape index (κ2) is 17.4. The van der Waals surface area contributed by atoms with E-state index in [-0.39, 0.29) is 67.8 Å². The van der Waals surface area contributed by atoms with Gasteiger partial charge in [0.05, 0.1) is 12.1 Å². The fraction of sp³-hybridized carbons (Fsp3) is 0.167. The molecular weight excluding hydrogens is 449 g/mol. The zero-order valence-corrected chi connectivity index (χ0v) is 16.4. The van der Waals surface area contributed by atoms with Crippen LogP contribution in [0.4, 0.5) is 5.95 Å². The van der Waals surface area contributed by atoms with E-state index in [1.807, 2.05) is 13.8 Å². The summed E-state index contributed by atoms with van der Waals surface area (Å²) in [5.41, 5.74) is 7.18. The van der Waals surface area contributed by atoms with Crippen molar-refractivity contribution in [1.29, 1.82) is 0 Å². The molecule has 0 unspecified atom stereocenters. The van der Waals surface area contributed by atoms with E-state index in [9.17, 15) is 0 Å². The molecule has 0 aliphatic carbocycles. The van der Waals surface area contributed by atoms with Crippen LogP contribution in [-0.2, 0) is 39.6 Å². The Kier molecular flexibility index (Phi) is 28.3. The van der Waals surface area contributed by atoms with Crippen LogP contribution in [-0.4, -0.2) is 19.5 Å². The summed E-state index contributed by atoms with van der Waals surface area (Å²) >= 11 is 0. The van der Waals surface area contributed by atoms with Gasteiger partial charge in [-0.1, -0.05) is 13.8 Å². The minimum atomic E-state index is 0. The molecule has 0 bridgehead atoms. The molecule has 0 saturated heterocycles. The molecular formula is C12H21N5VW. The van der Waals surface area contributed by atoms with Gasteiger partial charge in [-0.25, -0.2) is 4.98 Å². The summed E-state index contributed by atoms with van der Waals surface area (Å²) in [6, 6.07) is 1.72. The average Bonchev–Trinajstić information content (AvgIpc) is 2.74. The second-order valence-corrected chi connectivity index (χ2v) is 2.21. The van der Waals surface area contributed by atoms with Gasteiger partial charge in [0, 0.05) is 18.3 Å². The van der Waals surface area contributed by atoms with Gasteiger partial charge in [-0.05, 0) is 12.3 Å². The Labute approximate surface area is 143 Å². The molecule has 2 rings (SSSR count). The van der Waals surface area contributed by atoms with Crippen LogP contribution < -0.4 is 0 Å². The standard InChI is InChI=1S/C7H6N5.C2H6.3CH3.V.W/c8-7-10-2-1-6(11-7)12-4-3-9-5-12;1-2;;;;;/h1-5H,(H-,8,10,11);1-2H3;3*1H3;;/q-1;;3*-1;2*+2. The molecule has 2 heterocycles. The average molecular weight is 470 g/mol. The van der Waals surface area contributed by atoms with Crippen molar-refractivity contribution in [3.05, 3.63) is 59.0 Å². The molecule has 1 radical (unpaired) electrons. The van der Waals surface area contributed by atoms with Crippen molar-refractivity contribution in [2.75, 3.05) is 0 Å². The number of nitrogens with zero attached hydrogens (tertiary/aromatic N) is 4. The Balaban J connectivity index is -0.0000000894. The van der Waals surface area contributed by atoms with E-state index in [2.05, 4.69) is 15.0 Å². The Hall–Kier alpha value is -0.637. The molecule has 5 nitrogen and oxygen atoms in total. The third kappa shape index (κ3) is 9.88. The summed E-state index contributed by atoms with van der Waals surface area (Å²) in [5.74, 6) is 0.675. The third-order valence-electron chi connectivity index (χ3n) is 1.41. The largest absolute Gasteiger partial charge is 2.00 e. The number of hydrogen-bond acceptors (Lipinski definition) is 3. The molecule has 2 aromatic heterocycles. The van der Waals surface area contributed by atoms with Crippen molar-refractivity contribution in [3.8, 4) is 5.82 Å². The molecule has 0 aliphatic heterocycles. The maximum atomic E-state index is 7.18. The zero-order valence-electron chi connectivity index (χ0n) is 12.0. The molecule has 1 N–H and O–H groups in total. The van der Waals surface area contributed by atoms with Crippen molar-refractivity contribution in [1.82, 2.24) is 19.5 Å². The number of aromatic nitrogens is 4. The van der Waals surface area contributed by atoms with Crippen LogP contribution in [0.3, 0.4) is 0 Å². The number of imidazole rings is 1. The summed E-state index contributed by atoms with van der Waals surface area (Å²) in [6.45, 7) is 4.00. The van der Waals surface area contributed by atoms with Crippen molar-refractivity contribution < 1.29 is 39.6 Å². The first-order valence-electron chi connectivity index (χ1n) is 4.39. The molecule has 0 fully saturated rings. The summed E-state index contributed by atoms with van der Waals surface area (Å²) in [4.78, 5) is 11.4. The summed E-state index contributed by atoms with van der Waals surface area (Å²) < 4.78 is 1.72. The first-order chi connectivity index (χ1) is 6.86. The van der Waals surface area contributed by atoms with Gasteiger partial charge in [0.15, 0.2) is 0 Å². The van der Waals surface area contributed by atoms with Gasteiger partial charge >= 0.3 is 39.6 Å². The van der Waals surface area contributed by atoms with Crippen LogP contribution >= 0.6 is 0 Å². The van der Waals surface area contributed by atoms with Crippen LogP contribution in [0.1, 0.15) is 13.8 Å². The van der Waals surface area contributed by atoms with Crippen LogP contribution in [0.2, 0.25) is 0 Å². The molecule has 19 heavy (non-hydrogen) atoms. The number of hydrogen-bond donors (Lipinski definition) is 0. The molecule has 7 heteroatoms. The van der Waals surface area contributed by atoms with E-state index in [0.29, 0.717) is 5.82 Å². The predicted octanol–water partition coefficient (Wildman–Crippen LogP) is 3.72. The molecule has 105 valence electrons. The van der Waals surface area contributed by atoms with Gasteiger partial charge in [-0.15, -0.1) is 0 Å². The van der Waals surface area contributed by atoms with Gasteiger partial charge in [0.2, 0.25) is 0 Å². The van der Waals surface area contributed by atoms with Crippen molar-refractivity contribution in [3.63, 3.8) is 0 Å². The van der Waals surface area contributed by atoms with Gasteiger partial charge in [-0.3, -0.25) is 0 Å². The van der Waals surface area contributed by atoms with Gasteiger partial charge in [0.25, 0.3) is 0 Å². The van der Waals surface area contributed by atoms with E-state index < -0.39 is 0 Å². The van der Waals surface area contributed by atoms with Gasteiger partial charge < -0.3 is 42.5 Å². The summed E-state index contributed by atoms with van der Waals surface area (Å²) in [6.07, 6.45) is 6.60. The second-order valence-electron chi connectivity index (χ2n) is 2.21. The summed E-state index contributed by atoms with van der Waals surface area (Å²) in [7, 11) is 0. The van der Waals surface area contributed by atoms with E-state index >= 15 is 0 Å². The monoisotopic (exact) mass is 470 g/mol. The Morgan fingerprint density at radius 2 is 1.68 bits per heavy atom. The van der Waals surface area contributed by atoms with Crippen LogP contribution in [0.25, 0.3) is 11.6 Å². The molecule has 0 spiro atoms. The maximum Gasteiger partial charge on any atom is 2.00 e. The molecule has 0 aliphatic rings. The van der Waals surface area contributed by atoms with Gasteiger partial charge in [0.1, 0.15) is 0 Å². The van der Waals surface area contributed by atoms with Crippen molar-refractivity contribution in [2.45, 2.75) is 13.8 Å². The minimum Gasteiger partial charge on any atom is -0.410 e. The fourth-order valence-electron chi connectivity index (χ4n) is 0.888. The number of rotatable bonds is 1. The first kappa shape index (κ1) is 31.0. The minimum absolute atomic E-state index is 0.